The summed E-state index contributed by atoms with van der Waals surface area (Å²) < 4.78 is 2.47. The predicted molar refractivity (Wildman–Crippen MR) is 87.3 cm³/mol. The Bertz CT molecular complexity index is 463. The van der Waals surface area contributed by atoms with E-state index < -0.39 is 0 Å². The zero-order valence-corrected chi connectivity index (χ0v) is 13.3. The van der Waals surface area contributed by atoms with Crippen molar-refractivity contribution in [3.05, 3.63) is 24.3 Å². The molecule has 0 saturated carbocycles. The second-order valence-corrected chi connectivity index (χ2v) is 7.50. The van der Waals surface area contributed by atoms with Crippen LogP contribution in [0, 0.1) is 0 Å². The minimum atomic E-state index is 0.571. The molecule has 0 aliphatic heterocycles. The third-order valence-corrected chi connectivity index (χ3v) is 5.20. The van der Waals surface area contributed by atoms with Crippen molar-refractivity contribution >= 4 is 33.3 Å². The summed E-state index contributed by atoms with van der Waals surface area (Å²) in [6, 6.07) is 8.36. The molecule has 2 rings (SSSR count). The van der Waals surface area contributed by atoms with Gasteiger partial charge in [-0.1, -0.05) is 50.6 Å². The van der Waals surface area contributed by atoms with Gasteiger partial charge in [0.2, 0.25) is 0 Å². The van der Waals surface area contributed by atoms with E-state index in [-0.39, 0.29) is 0 Å². The summed E-state index contributed by atoms with van der Waals surface area (Å²) >= 11 is 3.68. The van der Waals surface area contributed by atoms with Gasteiger partial charge in [-0.25, -0.2) is 4.98 Å². The number of thiazole rings is 1. The topological polar surface area (TPSA) is 24.9 Å². The SMILES string of the molecule is CCCCCNCC(C)Sc1nc2ccccc2s1. The molecule has 1 heterocycles. The van der Waals surface area contributed by atoms with E-state index in [2.05, 4.69) is 48.4 Å². The van der Waals surface area contributed by atoms with E-state index in [9.17, 15) is 0 Å². The molecule has 2 aromatic rings. The monoisotopic (exact) mass is 294 g/mol. The van der Waals surface area contributed by atoms with Crippen LogP contribution < -0.4 is 5.32 Å². The lowest BCUT2D eigenvalue weighted by atomic mass is 10.2. The van der Waals surface area contributed by atoms with Gasteiger partial charge in [-0.05, 0) is 25.1 Å². The highest BCUT2D eigenvalue weighted by Gasteiger charge is 2.08. The number of nitrogens with zero attached hydrogens (tertiary/aromatic N) is 1. The van der Waals surface area contributed by atoms with E-state index in [1.165, 1.54) is 28.3 Å². The normalized spacial score (nSPS) is 12.9. The van der Waals surface area contributed by atoms with E-state index in [1.807, 2.05) is 11.8 Å². The number of fused-ring (bicyclic) bond motifs is 1. The second kappa shape index (κ2) is 7.88. The van der Waals surface area contributed by atoms with Crippen LogP contribution in [-0.2, 0) is 0 Å². The molecule has 0 aliphatic rings. The average molecular weight is 294 g/mol. The minimum Gasteiger partial charge on any atom is -0.316 e. The number of hydrogen-bond acceptors (Lipinski definition) is 4. The molecular weight excluding hydrogens is 272 g/mol. The third-order valence-electron chi connectivity index (χ3n) is 2.97. The number of unbranched alkanes of at least 4 members (excludes halogenated alkanes) is 2. The van der Waals surface area contributed by atoms with Crippen molar-refractivity contribution in [2.75, 3.05) is 13.1 Å². The Morgan fingerprint density at radius 3 is 2.95 bits per heavy atom. The van der Waals surface area contributed by atoms with Crippen molar-refractivity contribution in [2.45, 2.75) is 42.7 Å². The minimum absolute atomic E-state index is 0.571. The molecule has 1 unspecified atom stereocenters. The fourth-order valence-corrected chi connectivity index (χ4v) is 4.27. The zero-order chi connectivity index (χ0) is 13.5. The van der Waals surface area contributed by atoms with Crippen LogP contribution in [0.3, 0.4) is 0 Å². The maximum atomic E-state index is 4.66. The van der Waals surface area contributed by atoms with Gasteiger partial charge in [-0.2, -0.15) is 0 Å². The number of aromatic nitrogens is 1. The number of hydrogen-bond donors (Lipinski definition) is 1. The lowest BCUT2D eigenvalue weighted by Crippen LogP contribution is -2.23. The van der Waals surface area contributed by atoms with E-state index in [0.717, 1.165) is 18.6 Å². The summed E-state index contributed by atoms with van der Waals surface area (Å²) in [5.41, 5.74) is 1.12. The standard InChI is InChI=1S/C15H22N2S2/c1-3-4-7-10-16-11-12(2)18-15-17-13-8-5-6-9-14(13)19-15/h5-6,8-9,12,16H,3-4,7,10-11H2,1-2H3. The molecule has 0 saturated heterocycles. The lowest BCUT2D eigenvalue weighted by molar-refractivity contribution is 0.616. The highest BCUT2D eigenvalue weighted by molar-refractivity contribution is 8.01. The van der Waals surface area contributed by atoms with Gasteiger partial charge >= 0.3 is 0 Å². The van der Waals surface area contributed by atoms with Crippen LogP contribution in [0.1, 0.15) is 33.1 Å². The summed E-state index contributed by atoms with van der Waals surface area (Å²) in [4.78, 5) is 4.66. The molecule has 2 nitrogen and oxygen atoms in total. The van der Waals surface area contributed by atoms with E-state index >= 15 is 0 Å². The van der Waals surface area contributed by atoms with Gasteiger partial charge in [0.1, 0.15) is 0 Å². The van der Waals surface area contributed by atoms with Gasteiger partial charge < -0.3 is 5.32 Å². The summed E-state index contributed by atoms with van der Waals surface area (Å²) in [6.07, 6.45) is 3.90. The van der Waals surface area contributed by atoms with Gasteiger partial charge in [-0.3, -0.25) is 0 Å². The molecule has 19 heavy (non-hydrogen) atoms. The first-order chi connectivity index (χ1) is 9.29. The molecule has 104 valence electrons. The molecule has 0 radical (unpaired) electrons. The Balaban J connectivity index is 1.76. The van der Waals surface area contributed by atoms with E-state index in [1.54, 1.807) is 11.3 Å². The number of benzene rings is 1. The molecule has 0 bridgehead atoms. The van der Waals surface area contributed by atoms with E-state index in [4.69, 9.17) is 0 Å². The first kappa shape index (κ1) is 14.8. The van der Waals surface area contributed by atoms with Crippen molar-refractivity contribution in [1.82, 2.24) is 10.3 Å². The maximum absolute atomic E-state index is 4.66. The number of rotatable bonds is 8. The van der Waals surface area contributed by atoms with Crippen LogP contribution in [0.25, 0.3) is 10.2 Å². The highest BCUT2D eigenvalue weighted by Crippen LogP contribution is 2.31. The van der Waals surface area contributed by atoms with Crippen LogP contribution in [0.15, 0.2) is 28.6 Å². The van der Waals surface area contributed by atoms with Crippen LogP contribution >= 0.6 is 23.1 Å². The van der Waals surface area contributed by atoms with Crippen molar-refractivity contribution in [1.29, 1.82) is 0 Å². The fourth-order valence-electron chi connectivity index (χ4n) is 1.92. The number of nitrogens with one attached hydrogen (secondary N) is 1. The first-order valence-electron chi connectivity index (χ1n) is 7.02. The van der Waals surface area contributed by atoms with Gasteiger partial charge in [-0.15, -0.1) is 11.3 Å². The quantitative estimate of drug-likeness (QED) is 0.571. The predicted octanol–water partition coefficient (Wildman–Crippen LogP) is 4.56. The second-order valence-electron chi connectivity index (χ2n) is 4.79. The Kier molecular flexibility index (Phi) is 6.14. The van der Waals surface area contributed by atoms with Crippen molar-refractivity contribution in [3.63, 3.8) is 0 Å². The molecular formula is C15H22N2S2. The molecule has 0 amide bonds. The lowest BCUT2D eigenvalue weighted by Gasteiger charge is -2.10. The summed E-state index contributed by atoms with van der Waals surface area (Å²) in [5.74, 6) is 0. The van der Waals surface area contributed by atoms with Gasteiger partial charge in [0.05, 0.1) is 10.2 Å². The van der Waals surface area contributed by atoms with Gasteiger partial charge in [0.15, 0.2) is 4.34 Å². The van der Waals surface area contributed by atoms with Crippen LogP contribution in [0.4, 0.5) is 0 Å². The third kappa shape index (κ3) is 4.79. The molecule has 1 aromatic carbocycles. The smallest absolute Gasteiger partial charge is 0.151 e. The Morgan fingerprint density at radius 1 is 1.32 bits per heavy atom. The zero-order valence-electron chi connectivity index (χ0n) is 11.7. The largest absolute Gasteiger partial charge is 0.316 e. The fraction of sp³-hybridized carbons (Fsp3) is 0.533. The molecule has 0 spiro atoms. The first-order valence-corrected chi connectivity index (χ1v) is 8.72. The van der Waals surface area contributed by atoms with E-state index in [0.29, 0.717) is 5.25 Å². The molecule has 1 atom stereocenters. The van der Waals surface area contributed by atoms with Gasteiger partial charge in [0.25, 0.3) is 0 Å². The van der Waals surface area contributed by atoms with Crippen molar-refractivity contribution < 1.29 is 0 Å². The van der Waals surface area contributed by atoms with Crippen LogP contribution in [0.2, 0.25) is 0 Å². The average Bonchev–Trinajstić information content (AvgIpc) is 2.80. The molecule has 1 N–H and O–H groups in total. The highest BCUT2D eigenvalue weighted by atomic mass is 32.2. The van der Waals surface area contributed by atoms with Crippen LogP contribution in [-0.4, -0.2) is 23.3 Å². The van der Waals surface area contributed by atoms with Crippen molar-refractivity contribution in [3.8, 4) is 0 Å². The molecule has 1 aromatic heterocycles. The van der Waals surface area contributed by atoms with Gasteiger partial charge in [0, 0.05) is 11.8 Å². The molecule has 0 fully saturated rings. The molecule has 4 heteroatoms. The summed E-state index contributed by atoms with van der Waals surface area (Å²) in [7, 11) is 0. The number of para-hydroxylation sites is 1. The number of thioether (sulfide) groups is 1. The van der Waals surface area contributed by atoms with Crippen molar-refractivity contribution in [2.24, 2.45) is 0 Å². The Morgan fingerprint density at radius 2 is 2.16 bits per heavy atom. The summed E-state index contributed by atoms with van der Waals surface area (Å²) in [5, 5.41) is 4.10. The molecule has 0 aliphatic carbocycles. The summed E-state index contributed by atoms with van der Waals surface area (Å²) in [6.45, 7) is 6.71. The maximum Gasteiger partial charge on any atom is 0.151 e. The Labute approximate surface area is 124 Å². The Hall–Kier alpha value is -0.580. The van der Waals surface area contributed by atoms with Crippen LogP contribution in [0.5, 0.6) is 0 Å².